The molecule has 0 radical (unpaired) electrons. The Hall–Kier alpha value is -4.51. The first kappa shape index (κ1) is 32.7. The number of urea groups is 1. The quantitative estimate of drug-likeness (QED) is 0.281. The Morgan fingerprint density at radius 2 is 1.80 bits per heavy atom. The molecule has 8 rings (SSSR count). The molecule has 1 saturated carbocycles. The predicted molar refractivity (Wildman–Crippen MR) is 161 cm³/mol. The zero-order valence-corrected chi connectivity index (χ0v) is 26.4. The number of nitrogens with one attached hydrogen (secondary N) is 1. The maximum absolute atomic E-state index is 14.4. The van der Waals surface area contributed by atoms with Gasteiger partial charge in [-0.3, -0.25) is 29.1 Å². The number of carbonyl (C=O) groups is 3. The minimum atomic E-state index is -5.29. The highest BCUT2D eigenvalue weighted by atomic mass is 19.4. The Balaban J connectivity index is 1.01. The summed E-state index contributed by atoms with van der Waals surface area (Å²) >= 11 is 0. The van der Waals surface area contributed by atoms with Crippen molar-refractivity contribution < 1.29 is 45.5 Å². The van der Waals surface area contributed by atoms with Crippen molar-refractivity contribution in [3.8, 4) is 11.1 Å². The van der Waals surface area contributed by atoms with Gasteiger partial charge >= 0.3 is 12.2 Å². The number of likely N-dealkylation sites (tertiary alicyclic amines) is 1. The molecule has 1 N–H and O–H groups in total. The monoisotopic (exact) mass is 703 g/mol. The second kappa shape index (κ2) is 11.2. The zero-order valence-electron chi connectivity index (χ0n) is 26.4. The van der Waals surface area contributed by atoms with Crippen LogP contribution in [0, 0.1) is 5.82 Å². The van der Waals surface area contributed by atoms with E-state index in [-0.39, 0.29) is 23.1 Å². The van der Waals surface area contributed by atoms with E-state index in [2.05, 4.69) is 20.3 Å². The van der Waals surface area contributed by atoms with E-state index >= 15 is 0 Å². The van der Waals surface area contributed by atoms with Crippen LogP contribution in [0.25, 0.3) is 11.1 Å². The molecule has 3 aliphatic heterocycles. The number of fused-ring (bicyclic) bond motifs is 2. The third-order valence-electron chi connectivity index (χ3n) is 10.7. The topological polar surface area (TPSA) is 113 Å². The fourth-order valence-electron chi connectivity index (χ4n) is 7.76. The van der Waals surface area contributed by atoms with Gasteiger partial charge in [0, 0.05) is 37.7 Å². The number of ether oxygens (including phenoxy) is 1. The largest absolute Gasteiger partial charge is 0.412 e. The van der Waals surface area contributed by atoms with E-state index < -0.39 is 72.8 Å². The number of carbonyl (C=O) groups excluding carboxylic acids is 3. The standard InChI is InChI=1S/C33H31F6N7O4/c34-22-2-3-23(40-9-22)11-45(30(33(37,38)39)17-31(35,36)18-30)27(47)14-44-28(48)32(42-29(44)49)6-5-20-7-19(1-4-26(20)32)21-8-41-46(10-21)24-12-43(13-24)25-15-50-16-25/h1-4,7-10,24-25H,5-6,11-18H2,(H,42,49)/t32-/m0/s1. The smallest absolute Gasteiger partial charge is 0.378 e. The molecule has 50 heavy (non-hydrogen) atoms. The summed E-state index contributed by atoms with van der Waals surface area (Å²) in [5.41, 5.74) is -2.05. The van der Waals surface area contributed by atoms with Crippen LogP contribution in [0.15, 0.2) is 48.9 Å². The number of hydrogen-bond acceptors (Lipinski definition) is 7. The van der Waals surface area contributed by atoms with Crippen molar-refractivity contribution in [2.45, 2.75) is 67.5 Å². The van der Waals surface area contributed by atoms with Crippen LogP contribution in [0.5, 0.6) is 0 Å². The van der Waals surface area contributed by atoms with Gasteiger partial charge in [-0.1, -0.05) is 18.2 Å². The summed E-state index contributed by atoms with van der Waals surface area (Å²) in [6.07, 6.45) is -3.72. The summed E-state index contributed by atoms with van der Waals surface area (Å²) in [6.45, 7) is 1.23. The van der Waals surface area contributed by atoms with E-state index in [4.69, 9.17) is 4.74 Å². The molecule has 3 aromatic rings. The van der Waals surface area contributed by atoms with Gasteiger partial charge in [-0.05, 0) is 41.7 Å². The van der Waals surface area contributed by atoms with Gasteiger partial charge in [0.05, 0.1) is 49.9 Å². The molecule has 1 spiro atoms. The zero-order chi connectivity index (χ0) is 35.2. The summed E-state index contributed by atoms with van der Waals surface area (Å²) in [5.74, 6) is -6.71. The number of rotatable bonds is 8. The number of nitrogens with zero attached hydrogens (tertiary/aromatic N) is 6. The first-order valence-corrected chi connectivity index (χ1v) is 16.2. The normalized spacial score (nSPS) is 24.5. The summed E-state index contributed by atoms with van der Waals surface area (Å²) in [6, 6.07) is 7.05. The first-order valence-electron chi connectivity index (χ1n) is 16.2. The number of alkyl halides is 5. The lowest BCUT2D eigenvalue weighted by Gasteiger charge is -2.54. The van der Waals surface area contributed by atoms with Crippen LogP contribution in [0.1, 0.15) is 42.1 Å². The average molecular weight is 704 g/mol. The molecular formula is C33H31F6N7O4. The van der Waals surface area contributed by atoms with Crippen molar-refractivity contribution >= 4 is 17.8 Å². The lowest BCUT2D eigenvalue weighted by Crippen LogP contribution is -2.71. The van der Waals surface area contributed by atoms with Crippen molar-refractivity contribution in [1.82, 2.24) is 34.8 Å². The number of aryl methyl sites for hydroxylation is 1. The molecule has 17 heteroatoms. The van der Waals surface area contributed by atoms with Gasteiger partial charge in [0.15, 0.2) is 0 Å². The summed E-state index contributed by atoms with van der Waals surface area (Å²) in [7, 11) is 0. The first-order chi connectivity index (χ1) is 23.7. The average Bonchev–Trinajstić information content (AvgIpc) is 3.69. The lowest BCUT2D eigenvalue weighted by molar-refractivity contribution is -0.308. The number of aromatic nitrogens is 3. The van der Waals surface area contributed by atoms with E-state index in [0.717, 1.165) is 61.3 Å². The van der Waals surface area contributed by atoms with Gasteiger partial charge in [0.1, 0.15) is 23.4 Å². The second-order valence-electron chi connectivity index (χ2n) is 13.8. The predicted octanol–water partition coefficient (Wildman–Crippen LogP) is 3.79. The molecule has 264 valence electrons. The van der Waals surface area contributed by atoms with Crippen molar-refractivity contribution in [3.63, 3.8) is 0 Å². The van der Waals surface area contributed by atoms with Crippen LogP contribution >= 0.6 is 0 Å². The van der Waals surface area contributed by atoms with Crippen molar-refractivity contribution in [2.75, 3.05) is 32.8 Å². The van der Waals surface area contributed by atoms with Gasteiger partial charge in [-0.2, -0.15) is 18.3 Å². The number of benzene rings is 1. The molecule has 1 aromatic carbocycles. The molecule has 2 aromatic heterocycles. The van der Waals surface area contributed by atoms with Gasteiger partial charge in [-0.15, -0.1) is 0 Å². The van der Waals surface area contributed by atoms with Crippen LogP contribution in [0.4, 0.5) is 31.1 Å². The fraction of sp³-hybridized carbons (Fsp3) is 0.485. The minimum absolute atomic E-state index is 0.144. The van der Waals surface area contributed by atoms with E-state index in [1.54, 1.807) is 18.3 Å². The lowest BCUT2D eigenvalue weighted by atomic mass is 9.71. The van der Waals surface area contributed by atoms with Gasteiger partial charge in [0.25, 0.3) is 11.8 Å². The molecule has 5 aliphatic rings. The van der Waals surface area contributed by atoms with Crippen molar-refractivity contribution in [1.29, 1.82) is 0 Å². The minimum Gasteiger partial charge on any atom is -0.378 e. The molecule has 0 unspecified atom stereocenters. The molecule has 3 saturated heterocycles. The maximum atomic E-state index is 14.4. The van der Waals surface area contributed by atoms with Crippen LogP contribution in [0.3, 0.4) is 0 Å². The van der Waals surface area contributed by atoms with Crippen molar-refractivity contribution in [2.24, 2.45) is 0 Å². The van der Waals surface area contributed by atoms with Gasteiger partial charge in [-0.25, -0.2) is 18.0 Å². The SMILES string of the molecule is O=C1N[C@]2(CCc3cc(-c4cnn(C5CN(C6COC6)C5)c4)ccc32)C(=O)N1CC(=O)N(Cc1ccc(F)cn1)C1(C(F)(F)F)CC(F)(F)C1. The fourth-order valence-corrected chi connectivity index (χ4v) is 7.76. The summed E-state index contributed by atoms with van der Waals surface area (Å²) in [4.78, 5) is 47.6. The van der Waals surface area contributed by atoms with Gasteiger partial charge in [0.2, 0.25) is 5.91 Å². The Kier molecular flexibility index (Phi) is 7.35. The van der Waals surface area contributed by atoms with E-state index in [1.165, 1.54) is 0 Å². The number of hydrogen-bond donors (Lipinski definition) is 1. The highest BCUT2D eigenvalue weighted by molar-refractivity contribution is 6.10. The Morgan fingerprint density at radius 1 is 1.04 bits per heavy atom. The Labute approximate surface area is 281 Å². The highest BCUT2D eigenvalue weighted by Crippen LogP contribution is 2.57. The van der Waals surface area contributed by atoms with E-state index in [9.17, 15) is 40.7 Å². The summed E-state index contributed by atoms with van der Waals surface area (Å²) in [5, 5.41) is 7.20. The van der Waals surface area contributed by atoms with Crippen molar-refractivity contribution in [3.05, 3.63) is 71.6 Å². The molecule has 11 nitrogen and oxygen atoms in total. The Bertz CT molecular complexity index is 1870. The third-order valence-corrected chi connectivity index (χ3v) is 10.7. The molecule has 4 fully saturated rings. The van der Waals surface area contributed by atoms with Crippen LogP contribution in [-0.4, -0.2) is 104 Å². The number of imide groups is 1. The van der Waals surface area contributed by atoms with Gasteiger partial charge < -0.3 is 15.0 Å². The number of pyridine rings is 1. The van der Waals surface area contributed by atoms with E-state index in [0.29, 0.717) is 22.9 Å². The molecule has 5 heterocycles. The molecule has 0 bridgehead atoms. The number of amides is 4. The van der Waals surface area contributed by atoms with E-state index in [1.807, 2.05) is 16.9 Å². The third kappa shape index (κ3) is 5.15. The second-order valence-corrected chi connectivity index (χ2v) is 13.8. The highest BCUT2D eigenvalue weighted by Gasteiger charge is 2.73. The van der Waals surface area contributed by atoms with Crippen LogP contribution in [0.2, 0.25) is 0 Å². The molecule has 2 aliphatic carbocycles. The van der Waals surface area contributed by atoms with Crippen LogP contribution in [-0.2, 0) is 32.8 Å². The Morgan fingerprint density at radius 3 is 2.44 bits per heavy atom. The molecule has 1 atom stereocenters. The molecule has 4 amide bonds. The number of halogens is 6. The summed E-state index contributed by atoms with van der Waals surface area (Å²) < 4.78 is 92.1. The molecular weight excluding hydrogens is 672 g/mol. The van der Waals surface area contributed by atoms with Crippen LogP contribution < -0.4 is 5.32 Å². The maximum Gasteiger partial charge on any atom is 0.412 e.